The topological polar surface area (TPSA) is 9.23 Å². The van der Waals surface area contributed by atoms with Crippen LogP contribution in [0.2, 0.25) is 0 Å². The molecule has 1 fully saturated rings. The van der Waals surface area contributed by atoms with E-state index in [4.69, 9.17) is 0 Å². The number of unbranched alkanes of at least 4 members (excludes halogenated alkanes) is 2. The molecule has 0 unspecified atom stereocenters. The molecule has 0 spiro atoms. The standard InChI is InChI=1S/C30H34F6O/c1-2-3-4-5-19-6-8-20(9-7-19)10-11-21-12-14-24-22(16-21)13-15-25(28(24)33)23-17-26(31)29(27(32)18-23)37-30(34,35)36/h12-13,15,17-20H,2-11,14,16H2,1H3. The van der Waals surface area contributed by atoms with E-state index in [2.05, 4.69) is 11.7 Å². The normalized spacial score (nSPS) is 19.9. The van der Waals surface area contributed by atoms with Crippen LogP contribution in [0.5, 0.6) is 5.75 Å². The molecule has 1 nitrogen and oxygen atoms in total. The van der Waals surface area contributed by atoms with Crippen LogP contribution < -0.4 is 4.74 Å². The first-order valence-electron chi connectivity index (χ1n) is 13.4. The molecule has 0 saturated heterocycles. The average Bonchev–Trinajstić information content (AvgIpc) is 2.85. The fraction of sp³-hybridized carbons (Fsp3) is 0.533. The summed E-state index contributed by atoms with van der Waals surface area (Å²) in [6, 6.07) is 4.52. The minimum Gasteiger partial charge on any atom is -0.399 e. The molecule has 0 bridgehead atoms. The zero-order chi connectivity index (χ0) is 26.6. The highest BCUT2D eigenvalue weighted by Gasteiger charge is 2.34. The Morgan fingerprint density at radius 3 is 2.16 bits per heavy atom. The number of alkyl halides is 3. The molecule has 1 saturated carbocycles. The van der Waals surface area contributed by atoms with Crippen molar-refractivity contribution in [3.05, 3.63) is 64.5 Å². The van der Waals surface area contributed by atoms with E-state index in [-0.39, 0.29) is 11.1 Å². The van der Waals surface area contributed by atoms with Crippen LogP contribution in [-0.4, -0.2) is 6.36 Å². The van der Waals surface area contributed by atoms with E-state index >= 15 is 4.39 Å². The maximum atomic E-state index is 15.3. The van der Waals surface area contributed by atoms with Gasteiger partial charge in [-0.1, -0.05) is 82.1 Å². The molecule has 0 amide bonds. The van der Waals surface area contributed by atoms with E-state index in [0.29, 0.717) is 30.5 Å². The number of hydrogen-bond donors (Lipinski definition) is 0. The van der Waals surface area contributed by atoms with Crippen molar-refractivity contribution in [3.8, 4) is 16.9 Å². The van der Waals surface area contributed by atoms with Crippen molar-refractivity contribution in [2.75, 3.05) is 0 Å². The summed E-state index contributed by atoms with van der Waals surface area (Å²) in [5.74, 6) is -3.60. The smallest absolute Gasteiger partial charge is 0.399 e. The molecular weight excluding hydrogens is 490 g/mol. The SMILES string of the molecule is CCCCCC1CCC(CCC2=CCc3c(ccc(-c4cc(F)c(OC(F)(F)F)c(F)c4)c3F)C2)CC1. The zero-order valence-electron chi connectivity index (χ0n) is 21.2. The van der Waals surface area contributed by atoms with Crippen LogP contribution in [0, 0.1) is 29.3 Å². The molecule has 2 aromatic rings. The average molecular weight is 525 g/mol. The summed E-state index contributed by atoms with van der Waals surface area (Å²) in [5.41, 5.74) is 2.37. The zero-order valence-corrected chi connectivity index (χ0v) is 21.2. The van der Waals surface area contributed by atoms with Crippen LogP contribution in [-0.2, 0) is 12.8 Å². The van der Waals surface area contributed by atoms with Crippen LogP contribution in [0.1, 0.15) is 82.3 Å². The minimum absolute atomic E-state index is 0.0531. The summed E-state index contributed by atoms with van der Waals surface area (Å²) in [6.45, 7) is 2.24. The Morgan fingerprint density at radius 1 is 0.892 bits per heavy atom. The number of halogens is 6. The molecule has 4 rings (SSSR count). The predicted octanol–water partition coefficient (Wildman–Crippen LogP) is 9.86. The second-order valence-corrected chi connectivity index (χ2v) is 10.5. The summed E-state index contributed by atoms with van der Waals surface area (Å²) in [7, 11) is 0. The molecule has 2 aliphatic rings. The molecule has 37 heavy (non-hydrogen) atoms. The van der Waals surface area contributed by atoms with E-state index in [0.717, 1.165) is 30.2 Å². The Bertz CT molecular complexity index is 1090. The third-order valence-corrected chi connectivity index (χ3v) is 7.94. The van der Waals surface area contributed by atoms with Crippen molar-refractivity contribution in [2.24, 2.45) is 11.8 Å². The molecule has 0 heterocycles. The Hall–Kier alpha value is -2.44. The van der Waals surface area contributed by atoms with Crippen LogP contribution in [0.15, 0.2) is 35.9 Å². The quantitative estimate of drug-likeness (QED) is 0.180. The van der Waals surface area contributed by atoms with Gasteiger partial charge < -0.3 is 4.74 Å². The van der Waals surface area contributed by atoms with Crippen LogP contribution in [0.4, 0.5) is 26.3 Å². The van der Waals surface area contributed by atoms with Gasteiger partial charge in [0.2, 0.25) is 5.75 Å². The van der Waals surface area contributed by atoms with Gasteiger partial charge in [0.25, 0.3) is 0 Å². The lowest BCUT2D eigenvalue weighted by Crippen LogP contribution is -2.19. The van der Waals surface area contributed by atoms with Gasteiger partial charge in [0, 0.05) is 5.56 Å². The molecule has 0 aliphatic heterocycles. The predicted molar refractivity (Wildman–Crippen MR) is 133 cm³/mol. The third-order valence-electron chi connectivity index (χ3n) is 7.94. The van der Waals surface area contributed by atoms with Crippen molar-refractivity contribution in [1.82, 2.24) is 0 Å². The Kier molecular flexibility index (Phi) is 8.91. The second kappa shape index (κ2) is 12.0. The van der Waals surface area contributed by atoms with Crippen molar-refractivity contribution in [3.63, 3.8) is 0 Å². The van der Waals surface area contributed by atoms with Crippen LogP contribution >= 0.6 is 0 Å². The molecule has 2 aromatic carbocycles. The van der Waals surface area contributed by atoms with Crippen molar-refractivity contribution in [1.29, 1.82) is 0 Å². The van der Waals surface area contributed by atoms with Gasteiger partial charge in [0.15, 0.2) is 11.6 Å². The summed E-state index contributed by atoms with van der Waals surface area (Å²) >= 11 is 0. The highest BCUT2D eigenvalue weighted by atomic mass is 19.4. The highest BCUT2D eigenvalue weighted by molar-refractivity contribution is 5.67. The monoisotopic (exact) mass is 524 g/mol. The molecule has 202 valence electrons. The maximum absolute atomic E-state index is 15.3. The molecule has 0 radical (unpaired) electrons. The lowest BCUT2D eigenvalue weighted by Gasteiger charge is -2.29. The van der Waals surface area contributed by atoms with Gasteiger partial charge in [-0.15, -0.1) is 13.2 Å². The number of benzene rings is 2. The Labute approximate surface area is 214 Å². The molecular formula is C30H34F6O. The van der Waals surface area contributed by atoms with Gasteiger partial charge in [-0.3, -0.25) is 0 Å². The second-order valence-electron chi connectivity index (χ2n) is 10.5. The van der Waals surface area contributed by atoms with E-state index in [9.17, 15) is 22.0 Å². The van der Waals surface area contributed by atoms with E-state index in [1.807, 2.05) is 6.08 Å². The van der Waals surface area contributed by atoms with E-state index in [1.165, 1.54) is 63.0 Å². The van der Waals surface area contributed by atoms with Crippen molar-refractivity contribution in [2.45, 2.75) is 90.3 Å². The molecule has 2 aliphatic carbocycles. The number of fused-ring (bicyclic) bond motifs is 1. The number of hydrogen-bond acceptors (Lipinski definition) is 1. The number of rotatable bonds is 9. The van der Waals surface area contributed by atoms with E-state index < -0.39 is 29.6 Å². The minimum atomic E-state index is -5.24. The lowest BCUT2D eigenvalue weighted by atomic mass is 9.77. The van der Waals surface area contributed by atoms with Crippen molar-refractivity contribution >= 4 is 0 Å². The Morgan fingerprint density at radius 2 is 1.54 bits per heavy atom. The van der Waals surface area contributed by atoms with Crippen LogP contribution in [0.25, 0.3) is 11.1 Å². The lowest BCUT2D eigenvalue weighted by molar-refractivity contribution is -0.276. The first-order chi connectivity index (χ1) is 17.6. The van der Waals surface area contributed by atoms with Gasteiger partial charge in [-0.25, -0.2) is 13.2 Å². The summed E-state index contributed by atoms with van der Waals surface area (Å²) in [4.78, 5) is 0. The van der Waals surface area contributed by atoms with Gasteiger partial charge >= 0.3 is 6.36 Å². The summed E-state index contributed by atoms with van der Waals surface area (Å²) in [6.07, 6.45) is 10.5. The molecule has 0 atom stereocenters. The fourth-order valence-electron chi connectivity index (χ4n) is 5.83. The largest absolute Gasteiger partial charge is 0.573 e. The van der Waals surface area contributed by atoms with Gasteiger partial charge in [0.05, 0.1) is 0 Å². The van der Waals surface area contributed by atoms with Gasteiger partial charge in [0.1, 0.15) is 5.82 Å². The van der Waals surface area contributed by atoms with Gasteiger partial charge in [-0.05, 0) is 66.3 Å². The number of ether oxygens (including phenoxy) is 1. The van der Waals surface area contributed by atoms with E-state index in [1.54, 1.807) is 6.07 Å². The molecule has 0 N–H and O–H groups in total. The summed E-state index contributed by atoms with van der Waals surface area (Å²) < 4.78 is 84.4. The number of allylic oxidation sites excluding steroid dienone is 2. The summed E-state index contributed by atoms with van der Waals surface area (Å²) in [5, 5.41) is 0. The molecule has 0 aromatic heterocycles. The van der Waals surface area contributed by atoms with Crippen molar-refractivity contribution < 1.29 is 31.1 Å². The van der Waals surface area contributed by atoms with Gasteiger partial charge in [-0.2, -0.15) is 0 Å². The van der Waals surface area contributed by atoms with Crippen LogP contribution in [0.3, 0.4) is 0 Å². The molecule has 7 heteroatoms. The first kappa shape index (κ1) is 27.6. The fourth-order valence-corrected chi connectivity index (χ4v) is 5.83. The highest BCUT2D eigenvalue weighted by Crippen LogP contribution is 2.38. The Balaban J connectivity index is 1.37. The first-order valence-corrected chi connectivity index (χ1v) is 13.4. The third kappa shape index (κ3) is 7.11. The maximum Gasteiger partial charge on any atom is 0.573 e.